The van der Waals surface area contributed by atoms with E-state index in [1.54, 1.807) is 31.1 Å². The second-order valence-corrected chi connectivity index (χ2v) is 17.0. The van der Waals surface area contributed by atoms with Crippen molar-refractivity contribution in [3.05, 3.63) is 58.7 Å². The van der Waals surface area contributed by atoms with Crippen LogP contribution in [-0.4, -0.2) is 14.1 Å². The van der Waals surface area contributed by atoms with Crippen molar-refractivity contribution in [2.24, 2.45) is 0 Å². The minimum absolute atomic E-state index is 1.25. The molecule has 0 unspecified atom stereocenters. The van der Waals surface area contributed by atoms with Crippen LogP contribution in [0.15, 0.2) is 36.4 Å². The molecule has 0 aliphatic rings. The summed E-state index contributed by atoms with van der Waals surface area (Å²) in [5, 5.41) is 1.33. The Kier molecular flexibility index (Phi) is 22.4. The predicted octanol–water partition coefficient (Wildman–Crippen LogP) is 12.4. The van der Waals surface area contributed by atoms with Crippen LogP contribution in [0.3, 0.4) is 0 Å². The fraction of sp³-hybridized carbons (Fsp3) is 0.714. The van der Waals surface area contributed by atoms with Gasteiger partial charge in [-0.3, -0.25) is 0 Å². The molecular weight excluding hydrogens is 531 g/mol. The third-order valence-electron chi connectivity index (χ3n) is 9.64. The highest BCUT2D eigenvalue weighted by Gasteiger charge is 2.22. The number of aryl methyl sites for hydroxylation is 4. The van der Waals surface area contributed by atoms with E-state index in [2.05, 4.69) is 71.0 Å². The van der Waals surface area contributed by atoms with Crippen LogP contribution in [0.4, 0.5) is 0 Å². The Labute approximate surface area is 274 Å². The normalized spacial score (nSPS) is 11.4. The molecule has 43 heavy (non-hydrogen) atoms. The SMILES string of the molecule is CCCCCCCc1cc(CCCCCCC)c[c]([Al]([CH2]C)[c]2cc(CCCCCCC)cc(CCCCCCC)c2)c1. The van der Waals surface area contributed by atoms with E-state index in [1.165, 1.54) is 159 Å². The van der Waals surface area contributed by atoms with E-state index in [0.717, 1.165) is 0 Å². The lowest BCUT2D eigenvalue weighted by Crippen LogP contribution is -2.42. The van der Waals surface area contributed by atoms with Gasteiger partial charge in [0.25, 0.3) is 0 Å². The summed E-state index contributed by atoms with van der Waals surface area (Å²) in [6.07, 6.45) is 32.6. The van der Waals surface area contributed by atoms with Gasteiger partial charge >= 0.3 is 14.1 Å². The lowest BCUT2D eigenvalue weighted by molar-refractivity contribution is 0.628. The minimum Gasteiger partial charge on any atom is -0.104 e. The first-order chi connectivity index (χ1) is 21.1. The molecule has 1 heteroatoms. The molecule has 0 heterocycles. The summed E-state index contributed by atoms with van der Waals surface area (Å²) in [6, 6.07) is 15.9. The van der Waals surface area contributed by atoms with E-state index in [9.17, 15) is 0 Å². The summed E-state index contributed by atoms with van der Waals surface area (Å²) in [6.45, 7) is 11.8. The average Bonchev–Trinajstić information content (AvgIpc) is 3.01. The van der Waals surface area contributed by atoms with Gasteiger partial charge < -0.3 is 0 Å². The van der Waals surface area contributed by atoms with Crippen LogP contribution >= 0.6 is 0 Å². The molecule has 0 aliphatic carbocycles. The van der Waals surface area contributed by atoms with Crippen molar-refractivity contribution >= 4 is 23.0 Å². The first-order valence-corrected chi connectivity index (χ1v) is 21.4. The van der Waals surface area contributed by atoms with E-state index >= 15 is 0 Å². The van der Waals surface area contributed by atoms with Crippen LogP contribution in [0.1, 0.15) is 185 Å². The van der Waals surface area contributed by atoms with Crippen LogP contribution in [0.25, 0.3) is 0 Å². The highest BCUT2D eigenvalue weighted by atomic mass is 27.2. The third kappa shape index (κ3) is 16.7. The first kappa shape index (κ1) is 38.2. The Hall–Kier alpha value is -1.03. The molecule has 0 saturated heterocycles. The monoisotopic (exact) mass is 603 g/mol. The summed E-state index contributed by atoms with van der Waals surface area (Å²) in [5.74, 6) is 0. The number of rotatable bonds is 27. The molecule has 0 atom stereocenters. The highest BCUT2D eigenvalue weighted by Crippen LogP contribution is 2.17. The maximum atomic E-state index is 2.67. The van der Waals surface area contributed by atoms with Crippen molar-refractivity contribution < 1.29 is 0 Å². The molecule has 2 aromatic rings. The molecule has 0 amide bonds. The molecule has 242 valence electrons. The van der Waals surface area contributed by atoms with Crippen LogP contribution < -0.4 is 8.85 Å². The fourth-order valence-electron chi connectivity index (χ4n) is 6.96. The van der Waals surface area contributed by atoms with Gasteiger partial charge in [-0.05, 0) is 73.6 Å². The molecule has 0 aliphatic heterocycles. The zero-order chi connectivity index (χ0) is 31.0. The number of hydrogen-bond acceptors (Lipinski definition) is 0. The van der Waals surface area contributed by atoms with Gasteiger partial charge in [-0.25, -0.2) is 0 Å². The van der Waals surface area contributed by atoms with Crippen molar-refractivity contribution in [2.75, 3.05) is 0 Å². The second kappa shape index (κ2) is 25.2. The zero-order valence-electron chi connectivity index (χ0n) is 29.7. The minimum atomic E-state index is -1.25. The van der Waals surface area contributed by atoms with Crippen molar-refractivity contribution in [2.45, 2.75) is 194 Å². The Morgan fingerprint density at radius 2 is 0.581 bits per heavy atom. The highest BCUT2D eigenvalue weighted by molar-refractivity contribution is 6.85. The molecule has 0 N–H and O–H groups in total. The fourth-order valence-corrected chi connectivity index (χ4v) is 9.95. The molecule has 0 radical (unpaired) electrons. The molecule has 2 rings (SSSR count). The van der Waals surface area contributed by atoms with E-state index < -0.39 is 14.1 Å². The van der Waals surface area contributed by atoms with Gasteiger partial charge in [0.1, 0.15) is 0 Å². The summed E-state index contributed by atoms with van der Waals surface area (Å²) in [4.78, 5) is 0. The van der Waals surface area contributed by atoms with E-state index in [1.807, 2.05) is 0 Å². The van der Waals surface area contributed by atoms with Gasteiger partial charge in [-0.2, -0.15) is 0 Å². The maximum absolute atomic E-state index is 2.67. The average molecular weight is 603 g/mol. The van der Waals surface area contributed by atoms with Gasteiger partial charge in [0.05, 0.1) is 0 Å². The lowest BCUT2D eigenvalue weighted by Gasteiger charge is -2.18. The van der Waals surface area contributed by atoms with Crippen LogP contribution in [0.2, 0.25) is 5.28 Å². The molecule has 0 saturated carbocycles. The molecule has 2 aromatic carbocycles. The number of hydrogen-bond donors (Lipinski definition) is 0. The molecule has 0 fully saturated rings. The van der Waals surface area contributed by atoms with Crippen molar-refractivity contribution in [1.29, 1.82) is 0 Å². The topological polar surface area (TPSA) is 0 Å². The Bertz CT molecular complexity index is 804. The summed E-state index contributed by atoms with van der Waals surface area (Å²) < 4.78 is 3.46. The summed E-state index contributed by atoms with van der Waals surface area (Å²) in [5.41, 5.74) is 6.52. The van der Waals surface area contributed by atoms with Crippen LogP contribution in [0, 0.1) is 0 Å². The quantitative estimate of drug-likeness (QED) is 0.0705. The van der Waals surface area contributed by atoms with Crippen LogP contribution in [0.5, 0.6) is 0 Å². The molecule has 0 bridgehead atoms. The summed E-state index contributed by atoms with van der Waals surface area (Å²) >= 11 is -1.25. The number of unbranched alkanes of at least 4 members (excludes halogenated alkanes) is 16. The van der Waals surface area contributed by atoms with E-state index in [-0.39, 0.29) is 0 Å². The van der Waals surface area contributed by atoms with Gasteiger partial charge in [0, 0.05) is 0 Å². The van der Waals surface area contributed by atoms with E-state index in [4.69, 9.17) is 0 Å². The zero-order valence-corrected chi connectivity index (χ0v) is 30.9. The molecule has 0 aromatic heterocycles. The van der Waals surface area contributed by atoms with Crippen molar-refractivity contribution in [1.82, 2.24) is 0 Å². The van der Waals surface area contributed by atoms with Gasteiger partial charge in [0.15, 0.2) is 0 Å². The largest absolute Gasteiger partial charge is 0.345 e. The van der Waals surface area contributed by atoms with Crippen LogP contribution in [-0.2, 0) is 25.7 Å². The molecular formula is C42H71Al. The summed E-state index contributed by atoms with van der Waals surface area (Å²) in [7, 11) is 0. The van der Waals surface area contributed by atoms with E-state index in [0.29, 0.717) is 0 Å². The Morgan fingerprint density at radius 1 is 0.326 bits per heavy atom. The van der Waals surface area contributed by atoms with Gasteiger partial charge in [0.2, 0.25) is 0 Å². The predicted molar refractivity (Wildman–Crippen MR) is 198 cm³/mol. The van der Waals surface area contributed by atoms with Gasteiger partial charge in [-0.15, -0.1) is 8.85 Å². The second-order valence-electron chi connectivity index (χ2n) is 13.8. The van der Waals surface area contributed by atoms with Crippen molar-refractivity contribution in [3.8, 4) is 0 Å². The maximum Gasteiger partial charge on any atom is 0.345 e. The third-order valence-corrected chi connectivity index (χ3v) is 12.7. The lowest BCUT2D eigenvalue weighted by atomic mass is 10.00. The standard InChI is InChI=1S/2C20H33.C2H5.Al/c2*1-3-5-7-9-11-14-19-16-13-17-20(18-19)15-12-10-8-6-4-2;1-2;/h2*16-18H,3-12,14-15H2,1-2H3;1H2,2H3;. The van der Waals surface area contributed by atoms with Gasteiger partial charge in [-0.1, -0.05) is 179 Å². The van der Waals surface area contributed by atoms with Crippen molar-refractivity contribution in [3.63, 3.8) is 0 Å². The Balaban J connectivity index is 2.30. The number of benzene rings is 2. The molecule has 0 nitrogen and oxygen atoms in total. The molecule has 0 spiro atoms. The Morgan fingerprint density at radius 3 is 0.814 bits per heavy atom. The smallest absolute Gasteiger partial charge is 0.104 e. The first-order valence-electron chi connectivity index (χ1n) is 19.4.